The molecular weight excluding hydrogens is 480 g/mol. The lowest BCUT2D eigenvalue weighted by atomic mass is 9.85. The maximum absolute atomic E-state index is 13.3. The van der Waals surface area contributed by atoms with Crippen molar-refractivity contribution in [3.8, 4) is 5.88 Å². The Morgan fingerprint density at radius 3 is 2.45 bits per heavy atom. The zero-order valence-corrected chi connectivity index (χ0v) is 22.6. The predicted molar refractivity (Wildman–Crippen MR) is 148 cm³/mol. The summed E-state index contributed by atoms with van der Waals surface area (Å²) in [6.07, 6.45) is 8.56. The van der Waals surface area contributed by atoms with Crippen molar-refractivity contribution < 1.29 is 9.53 Å². The van der Waals surface area contributed by atoms with Gasteiger partial charge in [0.2, 0.25) is 0 Å². The Kier molecular flexibility index (Phi) is 7.65. The summed E-state index contributed by atoms with van der Waals surface area (Å²) in [5, 5.41) is 3.76. The Morgan fingerprint density at radius 1 is 1.05 bits per heavy atom. The number of H-pyrrole nitrogens is 1. The van der Waals surface area contributed by atoms with Gasteiger partial charge < -0.3 is 24.8 Å². The Balaban J connectivity index is 1.46. The van der Waals surface area contributed by atoms with Crippen LogP contribution in [0.15, 0.2) is 40.1 Å². The summed E-state index contributed by atoms with van der Waals surface area (Å²) < 4.78 is 5.92. The molecule has 38 heavy (non-hydrogen) atoms. The first kappa shape index (κ1) is 26.2. The molecule has 202 valence electrons. The van der Waals surface area contributed by atoms with Gasteiger partial charge in [0.05, 0.1) is 18.1 Å². The van der Waals surface area contributed by atoms with E-state index in [9.17, 15) is 9.59 Å². The number of ether oxygens (including phenoxy) is 1. The molecule has 1 aromatic carbocycles. The molecule has 5 rings (SSSR count). The van der Waals surface area contributed by atoms with E-state index in [0.29, 0.717) is 30.2 Å². The summed E-state index contributed by atoms with van der Waals surface area (Å²) in [7, 11) is 0. The molecule has 0 bridgehead atoms. The Labute approximate surface area is 223 Å². The third-order valence-electron chi connectivity index (χ3n) is 7.66. The van der Waals surface area contributed by atoms with Gasteiger partial charge in [0.25, 0.3) is 11.4 Å². The van der Waals surface area contributed by atoms with Crippen LogP contribution in [0.3, 0.4) is 0 Å². The molecule has 9 heteroatoms. The van der Waals surface area contributed by atoms with Crippen LogP contribution in [0, 0.1) is 5.41 Å². The lowest BCUT2D eigenvalue weighted by molar-refractivity contribution is 0.0870. The predicted octanol–water partition coefficient (Wildman–Crippen LogP) is 2.20. The van der Waals surface area contributed by atoms with E-state index in [-0.39, 0.29) is 28.2 Å². The molecule has 3 aliphatic heterocycles. The molecule has 2 aromatic rings. The second-order valence-electron chi connectivity index (χ2n) is 11.5. The first-order valence-corrected chi connectivity index (χ1v) is 13.7. The third kappa shape index (κ3) is 5.83. The summed E-state index contributed by atoms with van der Waals surface area (Å²) in [4.78, 5) is 42.7. The number of hydrogen-bond acceptors (Lipinski definition) is 7. The fourth-order valence-corrected chi connectivity index (χ4v) is 5.55. The van der Waals surface area contributed by atoms with Gasteiger partial charge in [0.1, 0.15) is 10.7 Å². The summed E-state index contributed by atoms with van der Waals surface area (Å²) in [6, 6.07) is 9.83. The maximum Gasteiger partial charge on any atom is 0.416 e. The number of carbonyl (C=O) groups is 1. The number of amides is 1. The van der Waals surface area contributed by atoms with Crippen molar-refractivity contribution in [2.45, 2.75) is 65.0 Å². The molecule has 0 radical (unpaired) electrons. The highest BCUT2D eigenvalue weighted by Crippen LogP contribution is 2.28. The summed E-state index contributed by atoms with van der Waals surface area (Å²) >= 11 is 0. The van der Waals surface area contributed by atoms with E-state index < -0.39 is 6.09 Å². The molecule has 4 heterocycles. The molecule has 1 unspecified atom stereocenters. The zero-order valence-electron chi connectivity index (χ0n) is 22.6. The topological polar surface area (TPSA) is 103 Å². The van der Waals surface area contributed by atoms with E-state index in [1.807, 2.05) is 30.3 Å². The van der Waals surface area contributed by atoms with Crippen LogP contribution in [0.1, 0.15) is 58.4 Å². The minimum Gasteiger partial charge on any atom is -0.389 e. The largest absolute Gasteiger partial charge is 0.416 e. The van der Waals surface area contributed by atoms with Crippen molar-refractivity contribution >= 4 is 24.2 Å². The molecule has 1 aromatic heterocycles. The first-order chi connectivity index (χ1) is 18.3. The second kappa shape index (κ2) is 11.1. The van der Waals surface area contributed by atoms with Crippen LogP contribution in [0.5, 0.6) is 5.88 Å². The Hall–Kier alpha value is -3.46. The van der Waals surface area contributed by atoms with Gasteiger partial charge >= 0.3 is 6.09 Å². The van der Waals surface area contributed by atoms with Gasteiger partial charge in [-0.15, -0.1) is 0 Å². The second-order valence-corrected chi connectivity index (χ2v) is 11.5. The van der Waals surface area contributed by atoms with Crippen LogP contribution >= 0.6 is 0 Å². The van der Waals surface area contributed by atoms with E-state index in [2.05, 4.69) is 45.9 Å². The summed E-state index contributed by atoms with van der Waals surface area (Å²) in [5.74, 6) is 0.0695. The van der Waals surface area contributed by atoms with Gasteiger partial charge in [0.15, 0.2) is 0 Å². The van der Waals surface area contributed by atoms with E-state index in [0.717, 1.165) is 31.5 Å². The number of benzene rings is 1. The van der Waals surface area contributed by atoms with Crippen molar-refractivity contribution in [2.75, 3.05) is 26.2 Å². The normalized spacial score (nSPS) is 23.0. The van der Waals surface area contributed by atoms with Gasteiger partial charge in [-0.1, -0.05) is 57.5 Å². The van der Waals surface area contributed by atoms with Gasteiger partial charge in [-0.25, -0.2) is 14.8 Å². The lowest BCUT2D eigenvalue weighted by Crippen LogP contribution is -2.49. The molecule has 0 saturated carbocycles. The van der Waals surface area contributed by atoms with E-state index in [1.165, 1.54) is 19.3 Å². The molecule has 0 spiro atoms. The molecular formula is C29H38N6O3. The van der Waals surface area contributed by atoms with E-state index >= 15 is 0 Å². The number of aromatic amines is 1. The number of likely N-dealkylation sites (tertiary alicyclic amines) is 2. The number of rotatable bonds is 3. The van der Waals surface area contributed by atoms with Crippen molar-refractivity contribution in [1.82, 2.24) is 25.1 Å². The molecule has 3 aliphatic rings. The number of nitrogens with one attached hydrogen (secondary N) is 2. The van der Waals surface area contributed by atoms with E-state index in [4.69, 9.17) is 4.74 Å². The van der Waals surface area contributed by atoms with Crippen molar-refractivity contribution in [3.05, 3.63) is 56.9 Å². The highest BCUT2D eigenvalue weighted by Gasteiger charge is 2.33. The number of carbonyl (C=O) groups excluding carboxylic acids is 1. The van der Waals surface area contributed by atoms with Crippen molar-refractivity contribution in [3.63, 3.8) is 0 Å². The highest BCUT2D eigenvalue weighted by atomic mass is 16.6. The minimum absolute atomic E-state index is 0.0695. The number of aromatic nitrogens is 2. The fraction of sp³-hybridized carbons (Fsp3) is 0.517. The van der Waals surface area contributed by atoms with Gasteiger partial charge in [-0.2, -0.15) is 0 Å². The molecule has 0 aliphatic carbocycles. The number of nitrogens with zero attached hydrogens (tertiary/aromatic N) is 4. The van der Waals surface area contributed by atoms with E-state index in [1.54, 1.807) is 17.3 Å². The minimum atomic E-state index is -0.448. The lowest BCUT2D eigenvalue weighted by Gasteiger charge is -2.39. The molecule has 1 atom stereocenters. The fourth-order valence-electron chi connectivity index (χ4n) is 5.55. The van der Waals surface area contributed by atoms with Gasteiger partial charge in [-0.3, -0.25) is 4.79 Å². The average molecular weight is 519 g/mol. The van der Waals surface area contributed by atoms with Crippen molar-refractivity contribution in [2.24, 2.45) is 10.4 Å². The van der Waals surface area contributed by atoms with Crippen LogP contribution in [0.2, 0.25) is 0 Å². The van der Waals surface area contributed by atoms with Crippen LogP contribution in [-0.2, 0) is 0 Å². The number of aliphatic imine (C=N–C) groups is 1. The SMILES string of the molecule is CC(C)(C)C1NC=N/C1=c1\[nH]c(=O)/c(=C/c2ccccc2)nc1OC(=O)N1CCC(N2CCCCC2)CC1. The zero-order chi connectivity index (χ0) is 26.7. The number of hydrogen-bond donors (Lipinski definition) is 2. The van der Waals surface area contributed by atoms with Crippen LogP contribution < -0.4 is 26.3 Å². The molecule has 1 amide bonds. The first-order valence-electron chi connectivity index (χ1n) is 13.7. The average Bonchev–Trinajstić information content (AvgIpc) is 3.42. The highest BCUT2D eigenvalue weighted by molar-refractivity contribution is 5.75. The smallest absolute Gasteiger partial charge is 0.389 e. The quantitative estimate of drug-likeness (QED) is 0.646. The summed E-state index contributed by atoms with van der Waals surface area (Å²) in [5.41, 5.74) is 0.860. The molecule has 2 fully saturated rings. The molecule has 2 saturated heterocycles. The van der Waals surface area contributed by atoms with Crippen LogP contribution in [0.4, 0.5) is 4.79 Å². The monoisotopic (exact) mass is 518 g/mol. The van der Waals surface area contributed by atoms with Gasteiger partial charge in [-0.05, 0) is 55.8 Å². The Morgan fingerprint density at radius 2 is 1.76 bits per heavy atom. The van der Waals surface area contributed by atoms with Crippen LogP contribution in [-0.4, -0.2) is 70.5 Å². The third-order valence-corrected chi connectivity index (χ3v) is 7.66. The Bertz CT molecular complexity index is 1350. The standard InChI is InChI=1S/C29H38N6O3/c1-29(2,3)25-23(30-19-31-25)24-27(32-22(26(36)33-24)18-20-10-6-4-7-11-20)38-28(37)35-16-12-21(13-17-35)34-14-8-5-9-15-34/h4,6-7,10-11,18-19,21,25H,5,8-9,12-17H2,1-3H3,(H,30,31)(H,33,36)/b22-18-,24-23-. The van der Waals surface area contributed by atoms with Crippen LogP contribution in [0.25, 0.3) is 11.8 Å². The molecule has 2 N–H and O–H groups in total. The van der Waals surface area contributed by atoms with Crippen molar-refractivity contribution in [1.29, 1.82) is 0 Å². The number of piperidine rings is 2. The maximum atomic E-state index is 13.3. The summed E-state index contributed by atoms with van der Waals surface area (Å²) in [6.45, 7) is 9.85. The molecule has 9 nitrogen and oxygen atoms in total. The van der Waals surface area contributed by atoms with Gasteiger partial charge in [0, 0.05) is 19.1 Å².